The maximum atomic E-state index is 13.7. The lowest BCUT2D eigenvalue weighted by Crippen LogP contribution is -2.41. The molecule has 1 aromatic carbocycles. The Bertz CT molecular complexity index is 619. The minimum absolute atomic E-state index is 0.423. The molecule has 0 atom stereocenters. The number of halogens is 6. The molecule has 0 aliphatic rings. The van der Waals surface area contributed by atoms with Crippen LogP contribution in [0.1, 0.15) is 5.56 Å². The molecule has 0 radical (unpaired) electrons. The first-order valence-electron chi connectivity index (χ1n) is 5.26. The first-order valence-corrected chi connectivity index (χ1v) is 6.74. The summed E-state index contributed by atoms with van der Waals surface area (Å²) in [5.41, 5.74) is -0.988. The van der Waals surface area contributed by atoms with Crippen LogP contribution in [0.4, 0.5) is 26.3 Å². The van der Waals surface area contributed by atoms with E-state index in [-0.39, 0.29) is 0 Å². The number of aliphatic hydroxyl groups excluding tert-OH is 1. The number of nitrogens with one attached hydrogen (secondary N) is 1. The van der Waals surface area contributed by atoms with Gasteiger partial charge < -0.3 is 5.11 Å². The van der Waals surface area contributed by atoms with Gasteiger partial charge in [-0.1, -0.05) is 0 Å². The van der Waals surface area contributed by atoms with E-state index in [1.54, 1.807) is 0 Å². The molecule has 0 aliphatic carbocycles. The Hall–Kier alpha value is -1.33. The molecule has 1 aromatic rings. The predicted octanol–water partition coefficient (Wildman–Crippen LogP) is 1.64. The SMILES string of the molecule is O=S(=O)(NCC(F)(F)C(F)F)c1ccc(F)c(CO)c1F. The second-order valence-corrected chi connectivity index (χ2v) is 5.62. The first kappa shape index (κ1) is 17.7. The maximum absolute atomic E-state index is 13.7. The summed E-state index contributed by atoms with van der Waals surface area (Å²) in [6, 6.07) is 0.918. The standard InChI is InChI=1S/C10H9F6NO3S/c11-6-1-2-7(8(12)5(6)3-18)21(19,20)17-4-10(15,16)9(13)14/h1-2,9,17-18H,3-4H2. The van der Waals surface area contributed by atoms with Crippen LogP contribution in [-0.4, -0.2) is 32.4 Å². The summed E-state index contributed by atoms with van der Waals surface area (Å²) in [4.78, 5) is -1.24. The Kier molecular flexibility index (Phi) is 5.23. The molecule has 0 unspecified atom stereocenters. The number of hydrogen-bond donors (Lipinski definition) is 2. The third-order valence-electron chi connectivity index (χ3n) is 2.42. The van der Waals surface area contributed by atoms with Crippen molar-refractivity contribution in [3.05, 3.63) is 29.3 Å². The van der Waals surface area contributed by atoms with Crippen molar-refractivity contribution < 1.29 is 39.9 Å². The van der Waals surface area contributed by atoms with Crippen LogP contribution in [0.2, 0.25) is 0 Å². The van der Waals surface area contributed by atoms with Crippen molar-refractivity contribution in [2.45, 2.75) is 23.9 Å². The molecule has 0 bridgehead atoms. The number of aliphatic hydroxyl groups is 1. The molecular formula is C10H9F6NO3S. The average Bonchev–Trinajstić information content (AvgIpc) is 2.36. The highest BCUT2D eigenvalue weighted by Gasteiger charge is 2.42. The molecule has 11 heteroatoms. The maximum Gasteiger partial charge on any atom is 0.320 e. The zero-order chi connectivity index (χ0) is 16.4. The third kappa shape index (κ3) is 3.86. The van der Waals surface area contributed by atoms with Crippen LogP contribution in [0.15, 0.2) is 17.0 Å². The molecular weight excluding hydrogens is 328 g/mol. The zero-order valence-electron chi connectivity index (χ0n) is 10.1. The molecule has 21 heavy (non-hydrogen) atoms. The van der Waals surface area contributed by atoms with Gasteiger partial charge in [0.2, 0.25) is 10.0 Å². The number of hydrogen-bond acceptors (Lipinski definition) is 3. The second-order valence-electron chi connectivity index (χ2n) is 3.88. The van der Waals surface area contributed by atoms with E-state index in [1.165, 1.54) is 0 Å². The summed E-state index contributed by atoms with van der Waals surface area (Å²) in [6.45, 7) is -3.13. The van der Waals surface area contributed by atoms with Crippen LogP contribution in [0.3, 0.4) is 0 Å². The Morgan fingerprint density at radius 3 is 2.29 bits per heavy atom. The molecule has 0 heterocycles. The molecule has 1 rings (SSSR count). The number of sulfonamides is 1. The van der Waals surface area contributed by atoms with Crippen LogP contribution in [0.25, 0.3) is 0 Å². The van der Waals surface area contributed by atoms with Crippen molar-refractivity contribution in [1.82, 2.24) is 4.72 Å². The largest absolute Gasteiger partial charge is 0.391 e. The van der Waals surface area contributed by atoms with Crippen molar-refractivity contribution in [1.29, 1.82) is 0 Å². The summed E-state index contributed by atoms with van der Waals surface area (Å²) in [7, 11) is -4.92. The Balaban J connectivity index is 3.10. The fourth-order valence-corrected chi connectivity index (χ4v) is 2.42. The monoisotopic (exact) mass is 337 g/mol. The molecule has 0 aromatic heterocycles. The molecule has 0 fully saturated rings. The van der Waals surface area contributed by atoms with E-state index in [2.05, 4.69) is 0 Å². The number of alkyl halides is 4. The van der Waals surface area contributed by atoms with Crippen molar-refractivity contribution in [3.63, 3.8) is 0 Å². The third-order valence-corrected chi connectivity index (χ3v) is 3.83. The summed E-state index contributed by atoms with van der Waals surface area (Å²) in [6.07, 6.45) is -4.12. The lowest BCUT2D eigenvalue weighted by atomic mass is 10.2. The van der Waals surface area contributed by atoms with Crippen LogP contribution in [-0.2, 0) is 16.6 Å². The Labute approximate surface area is 115 Å². The molecule has 0 aliphatic heterocycles. The van der Waals surface area contributed by atoms with Gasteiger partial charge in [0.25, 0.3) is 0 Å². The van der Waals surface area contributed by atoms with Crippen molar-refractivity contribution in [2.24, 2.45) is 0 Å². The Morgan fingerprint density at radius 1 is 1.24 bits per heavy atom. The van der Waals surface area contributed by atoms with Crippen LogP contribution in [0, 0.1) is 11.6 Å². The van der Waals surface area contributed by atoms with E-state index in [0.717, 1.165) is 4.72 Å². The van der Waals surface area contributed by atoms with Gasteiger partial charge in [0.1, 0.15) is 10.7 Å². The molecule has 4 nitrogen and oxygen atoms in total. The minimum Gasteiger partial charge on any atom is -0.391 e. The highest BCUT2D eigenvalue weighted by Crippen LogP contribution is 2.24. The van der Waals surface area contributed by atoms with Gasteiger partial charge in [-0.3, -0.25) is 0 Å². The second kappa shape index (κ2) is 6.20. The van der Waals surface area contributed by atoms with E-state index in [9.17, 15) is 34.8 Å². The van der Waals surface area contributed by atoms with E-state index < -0.39 is 57.6 Å². The summed E-state index contributed by atoms with van der Waals surface area (Å²) in [5.74, 6) is -7.58. The average molecular weight is 337 g/mol. The van der Waals surface area contributed by atoms with Gasteiger partial charge in [-0.25, -0.2) is 30.7 Å². The van der Waals surface area contributed by atoms with Crippen molar-refractivity contribution in [2.75, 3.05) is 6.54 Å². The highest BCUT2D eigenvalue weighted by molar-refractivity contribution is 7.89. The van der Waals surface area contributed by atoms with Crippen LogP contribution < -0.4 is 4.72 Å². The fraction of sp³-hybridized carbons (Fsp3) is 0.400. The quantitative estimate of drug-likeness (QED) is 0.776. The van der Waals surface area contributed by atoms with E-state index in [4.69, 9.17) is 5.11 Å². The smallest absolute Gasteiger partial charge is 0.320 e. The van der Waals surface area contributed by atoms with Gasteiger partial charge in [0.15, 0.2) is 5.82 Å². The van der Waals surface area contributed by atoms with E-state index in [0.29, 0.717) is 12.1 Å². The van der Waals surface area contributed by atoms with Gasteiger partial charge in [-0.15, -0.1) is 0 Å². The van der Waals surface area contributed by atoms with E-state index in [1.807, 2.05) is 0 Å². The van der Waals surface area contributed by atoms with Crippen molar-refractivity contribution in [3.8, 4) is 0 Å². The molecule has 2 N–H and O–H groups in total. The van der Waals surface area contributed by atoms with Gasteiger partial charge in [-0.05, 0) is 12.1 Å². The number of benzene rings is 1. The van der Waals surface area contributed by atoms with Gasteiger partial charge >= 0.3 is 12.3 Å². The Morgan fingerprint density at radius 2 is 1.81 bits per heavy atom. The summed E-state index contributed by atoms with van der Waals surface area (Å²) in [5, 5.41) is 8.71. The normalized spacial score (nSPS) is 13.0. The minimum atomic E-state index is -4.92. The fourth-order valence-electron chi connectivity index (χ4n) is 1.27. The topological polar surface area (TPSA) is 66.4 Å². The van der Waals surface area contributed by atoms with Crippen LogP contribution >= 0.6 is 0 Å². The number of rotatable bonds is 6. The summed E-state index contributed by atoms with van der Waals surface area (Å²) >= 11 is 0. The van der Waals surface area contributed by atoms with Gasteiger partial charge in [0, 0.05) is 0 Å². The molecule has 0 amide bonds. The zero-order valence-corrected chi connectivity index (χ0v) is 10.9. The van der Waals surface area contributed by atoms with Crippen LogP contribution in [0.5, 0.6) is 0 Å². The highest BCUT2D eigenvalue weighted by atomic mass is 32.2. The summed E-state index contributed by atoms with van der Waals surface area (Å²) < 4.78 is 100. The van der Waals surface area contributed by atoms with Gasteiger partial charge in [-0.2, -0.15) is 8.78 Å². The molecule has 0 spiro atoms. The van der Waals surface area contributed by atoms with Gasteiger partial charge in [0.05, 0.1) is 18.7 Å². The lowest BCUT2D eigenvalue weighted by Gasteiger charge is -2.16. The first-order chi connectivity index (χ1) is 9.53. The van der Waals surface area contributed by atoms with Crippen molar-refractivity contribution >= 4 is 10.0 Å². The lowest BCUT2D eigenvalue weighted by molar-refractivity contribution is -0.122. The predicted molar refractivity (Wildman–Crippen MR) is 58.4 cm³/mol. The molecule has 120 valence electrons. The van der Waals surface area contributed by atoms with E-state index >= 15 is 0 Å². The molecule has 0 saturated heterocycles. The molecule has 0 saturated carbocycles.